The van der Waals surface area contributed by atoms with Gasteiger partial charge in [0.05, 0.1) is 6.07 Å². The maximum Gasteiger partial charge on any atom is 0.215 e. The van der Waals surface area contributed by atoms with Gasteiger partial charge in [-0.25, -0.2) is 0 Å². The normalized spacial score (nSPS) is 11.5. The molecule has 0 atom stereocenters. The standard InChI is InChI=1S/C12H13NO2/c1-14-12(15-2,9-6-10-13)11-7-4-3-5-8-11/h3-9H,1-2H3/b9-6+. The van der Waals surface area contributed by atoms with E-state index in [1.165, 1.54) is 20.3 Å². The van der Waals surface area contributed by atoms with E-state index in [9.17, 15) is 0 Å². The number of methoxy groups -OCH3 is 2. The van der Waals surface area contributed by atoms with Crippen molar-refractivity contribution in [2.45, 2.75) is 5.79 Å². The van der Waals surface area contributed by atoms with Crippen LogP contribution in [-0.2, 0) is 15.3 Å². The van der Waals surface area contributed by atoms with E-state index in [2.05, 4.69) is 0 Å². The minimum absolute atomic E-state index is 0.849. The Morgan fingerprint density at radius 3 is 2.27 bits per heavy atom. The number of benzene rings is 1. The van der Waals surface area contributed by atoms with Crippen LogP contribution in [0.4, 0.5) is 0 Å². The largest absolute Gasteiger partial charge is 0.346 e. The van der Waals surface area contributed by atoms with Crippen LogP contribution in [-0.4, -0.2) is 14.2 Å². The van der Waals surface area contributed by atoms with Gasteiger partial charge < -0.3 is 9.47 Å². The van der Waals surface area contributed by atoms with Crippen molar-refractivity contribution >= 4 is 0 Å². The molecule has 15 heavy (non-hydrogen) atoms. The summed E-state index contributed by atoms with van der Waals surface area (Å²) in [6, 6.07) is 11.4. The third-order valence-corrected chi connectivity index (χ3v) is 2.16. The highest BCUT2D eigenvalue weighted by atomic mass is 16.7. The molecule has 0 saturated heterocycles. The number of rotatable bonds is 4. The summed E-state index contributed by atoms with van der Waals surface area (Å²) >= 11 is 0. The third-order valence-electron chi connectivity index (χ3n) is 2.16. The van der Waals surface area contributed by atoms with E-state index in [0.29, 0.717) is 0 Å². The maximum absolute atomic E-state index is 8.52. The van der Waals surface area contributed by atoms with E-state index in [1.807, 2.05) is 36.4 Å². The molecule has 1 rings (SSSR count). The van der Waals surface area contributed by atoms with Gasteiger partial charge in [0.25, 0.3) is 0 Å². The van der Waals surface area contributed by atoms with Crippen molar-refractivity contribution in [2.75, 3.05) is 14.2 Å². The number of nitriles is 1. The quantitative estimate of drug-likeness (QED) is 0.556. The molecule has 1 aromatic rings. The van der Waals surface area contributed by atoms with Gasteiger partial charge in [0.15, 0.2) is 0 Å². The van der Waals surface area contributed by atoms with Crippen LogP contribution in [0.15, 0.2) is 42.5 Å². The summed E-state index contributed by atoms with van der Waals surface area (Å²) in [5.41, 5.74) is 0.849. The van der Waals surface area contributed by atoms with Crippen LogP contribution in [0.25, 0.3) is 0 Å². The number of hydrogen-bond acceptors (Lipinski definition) is 3. The molecule has 0 fully saturated rings. The first-order valence-corrected chi connectivity index (χ1v) is 4.52. The molecule has 0 amide bonds. The van der Waals surface area contributed by atoms with Crippen molar-refractivity contribution in [3.05, 3.63) is 48.0 Å². The maximum atomic E-state index is 8.52. The SMILES string of the molecule is COC(/C=C/C#N)(OC)c1ccccc1. The van der Waals surface area contributed by atoms with Gasteiger partial charge in [0.1, 0.15) is 0 Å². The minimum Gasteiger partial charge on any atom is -0.346 e. The molecule has 3 heteroatoms. The Morgan fingerprint density at radius 2 is 1.80 bits per heavy atom. The van der Waals surface area contributed by atoms with Gasteiger partial charge in [-0.05, 0) is 6.08 Å². The van der Waals surface area contributed by atoms with Gasteiger partial charge in [0, 0.05) is 25.9 Å². The first-order valence-electron chi connectivity index (χ1n) is 4.52. The van der Waals surface area contributed by atoms with Gasteiger partial charge in [-0.3, -0.25) is 0 Å². The molecule has 0 spiro atoms. The van der Waals surface area contributed by atoms with Crippen molar-refractivity contribution < 1.29 is 9.47 Å². The highest BCUT2D eigenvalue weighted by Crippen LogP contribution is 2.27. The average Bonchev–Trinajstić information content (AvgIpc) is 2.33. The summed E-state index contributed by atoms with van der Waals surface area (Å²) < 4.78 is 10.6. The smallest absolute Gasteiger partial charge is 0.215 e. The molecule has 78 valence electrons. The van der Waals surface area contributed by atoms with Crippen molar-refractivity contribution in [3.8, 4) is 6.07 Å². The Bertz CT molecular complexity index is 361. The second-order valence-electron chi connectivity index (χ2n) is 2.90. The van der Waals surface area contributed by atoms with Gasteiger partial charge in [-0.2, -0.15) is 5.26 Å². The molecule has 1 aromatic carbocycles. The van der Waals surface area contributed by atoms with E-state index < -0.39 is 5.79 Å². The Morgan fingerprint density at radius 1 is 1.20 bits per heavy atom. The first-order chi connectivity index (χ1) is 7.29. The molecule has 0 saturated carbocycles. The van der Waals surface area contributed by atoms with Crippen LogP contribution in [0.2, 0.25) is 0 Å². The number of hydrogen-bond donors (Lipinski definition) is 0. The predicted octanol–water partition coefficient (Wildman–Crippen LogP) is 2.21. The fraction of sp³-hybridized carbons (Fsp3) is 0.250. The summed E-state index contributed by atoms with van der Waals surface area (Å²) in [5.74, 6) is -0.975. The van der Waals surface area contributed by atoms with Crippen LogP contribution in [0.3, 0.4) is 0 Å². The molecular formula is C12H13NO2. The highest BCUT2D eigenvalue weighted by molar-refractivity contribution is 5.26. The summed E-state index contributed by atoms with van der Waals surface area (Å²) in [6.45, 7) is 0. The molecule has 0 aliphatic rings. The van der Waals surface area contributed by atoms with E-state index in [-0.39, 0.29) is 0 Å². The van der Waals surface area contributed by atoms with E-state index in [4.69, 9.17) is 14.7 Å². The molecule has 0 aliphatic carbocycles. The molecule has 0 aromatic heterocycles. The monoisotopic (exact) mass is 203 g/mol. The highest BCUT2D eigenvalue weighted by Gasteiger charge is 2.28. The predicted molar refractivity (Wildman–Crippen MR) is 56.9 cm³/mol. The zero-order chi connectivity index (χ0) is 11.1. The molecule has 0 N–H and O–H groups in total. The molecule has 0 unspecified atom stereocenters. The number of allylic oxidation sites excluding steroid dienone is 1. The summed E-state index contributed by atoms with van der Waals surface area (Å²) in [7, 11) is 3.08. The Labute approximate surface area is 89.6 Å². The Kier molecular flexibility index (Phi) is 4.04. The molecule has 0 aliphatic heterocycles. The van der Waals surface area contributed by atoms with E-state index in [0.717, 1.165) is 5.56 Å². The molecule has 0 heterocycles. The number of ether oxygens (including phenoxy) is 2. The van der Waals surface area contributed by atoms with Crippen LogP contribution in [0.1, 0.15) is 5.56 Å². The fourth-order valence-corrected chi connectivity index (χ4v) is 1.37. The van der Waals surface area contributed by atoms with Gasteiger partial charge in [0.2, 0.25) is 5.79 Å². The second-order valence-corrected chi connectivity index (χ2v) is 2.90. The summed E-state index contributed by atoms with van der Waals surface area (Å²) in [5, 5.41) is 8.52. The zero-order valence-electron chi connectivity index (χ0n) is 8.81. The van der Waals surface area contributed by atoms with Crippen molar-refractivity contribution in [1.29, 1.82) is 5.26 Å². The number of nitrogens with zero attached hydrogens (tertiary/aromatic N) is 1. The van der Waals surface area contributed by atoms with Crippen LogP contribution in [0, 0.1) is 11.3 Å². The van der Waals surface area contributed by atoms with E-state index in [1.54, 1.807) is 6.08 Å². The molecule has 0 bridgehead atoms. The average molecular weight is 203 g/mol. The zero-order valence-corrected chi connectivity index (χ0v) is 8.81. The van der Waals surface area contributed by atoms with Gasteiger partial charge in [-0.15, -0.1) is 0 Å². The molecule has 3 nitrogen and oxygen atoms in total. The molecular weight excluding hydrogens is 190 g/mol. The first kappa shape index (κ1) is 11.4. The summed E-state index contributed by atoms with van der Waals surface area (Å²) in [6.07, 6.45) is 2.93. The fourth-order valence-electron chi connectivity index (χ4n) is 1.37. The second kappa shape index (κ2) is 5.30. The lowest BCUT2D eigenvalue weighted by atomic mass is 10.1. The lowest BCUT2D eigenvalue weighted by molar-refractivity contribution is -0.177. The third kappa shape index (κ3) is 2.44. The Balaban J connectivity index is 3.12. The molecule has 0 radical (unpaired) electrons. The van der Waals surface area contributed by atoms with Crippen molar-refractivity contribution in [3.63, 3.8) is 0 Å². The lowest BCUT2D eigenvalue weighted by Gasteiger charge is -2.27. The van der Waals surface area contributed by atoms with Crippen LogP contribution < -0.4 is 0 Å². The van der Waals surface area contributed by atoms with Gasteiger partial charge >= 0.3 is 0 Å². The van der Waals surface area contributed by atoms with E-state index >= 15 is 0 Å². The lowest BCUT2D eigenvalue weighted by Crippen LogP contribution is -2.28. The van der Waals surface area contributed by atoms with Crippen molar-refractivity contribution in [2.24, 2.45) is 0 Å². The van der Waals surface area contributed by atoms with Crippen molar-refractivity contribution in [1.82, 2.24) is 0 Å². The van der Waals surface area contributed by atoms with Crippen LogP contribution in [0.5, 0.6) is 0 Å². The van der Waals surface area contributed by atoms with Gasteiger partial charge in [-0.1, -0.05) is 30.3 Å². The topological polar surface area (TPSA) is 42.2 Å². The Hall–Kier alpha value is -1.63. The van der Waals surface area contributed by atoms with Crippen LogP contribution >= 0.6 is 0 Å². The minimum atomic E-state index is -0.975. The summed E-state index contributed by atoms with van der Waals surface area (Å²) in [4.78, 5) is 0.